The third kappa shape index (κ3) is 2.25. The summed E-state index contributed by atoms with van der Waals surface area (Å²) in [7, 11) is 0. The number of anilines is 1. The molecule has 5 heteroatoms. The first-order valence-electron chi connectivity index (χ1n) is 6.15. The number of pyridine rings is 1. The van der Waals surface area contributed by atoms with Crippen LogP contribution in [0.3, 0.4) is 0 Å². The average molecular weight is 269 g/mol. The number of imidazole rings is 1. The summed E-state index contributed by atoms with van der Waals surface area (Å²) < 4.78 is 14.6. The molecule has 1 aromatic carbocycles. The average Bonchev–Trinajstić information content (AvgIpc) is 2.81. The van der Waals surface area contributed by atoms with Crippen LogP contribution in [0.2, 0.25) is 0 Å². The molecule has 0 bridgehead atoms. The van der Waals surface area contributed by atoms with Crippen molar-refractivity contribution in [1.82, 2.24) is 9.38 Å². The lowest BCUT2D eigenvalue weighted by Crippen LogP contribution is -2.13. The van der Waals surface area contributed by atoms with Gasteiger partial charge in [-0.3, -0.25) is 4.79 Å². The molecule has 3 aromatic rings. The molecule has 0 fully saturated rings. The number of fused-ring (bicyclic) bond motifs is 1. The second kappa shape index (κ2) is 4.77. The molecule has 0 radical (unpaired) electrons. The molecule has 20 heavy (non-hydrogen) atoms. The first-order chi connectivity index (χ1) is 9.63. The van der Waals surface area contributed by atoms with Gasteiger partial charge in [0.05, 0.1) is 11.3 Å². The van der Waals surface area contributed by atoms with Crippen molar-refractivity contribution in [2.24, 2.45) is 0 Å². The molecule has 0 saturated heterocycles. The molecule has 1 amide bonds. The van der Waals surface area contributed by atoms with Gasteiger partial charge in [0.15, 0.2) is 0 Å². The Hall–Kier alpha value is -2.69. The zero-order chi connectivity index (χ0) is 14.1. The van der Waals surface area contributed by atoms with Crippen molar-refractivity contribution in [2.45, 2.75) is 6.92 Å². The van der Waals surface area contributed by atoms with E-state index in [1.807, 2.05) is 19.3 Å². The summed E-state index contributed by atoms with van der Waals surface area (Å²) in [5, 5.41) is 2.73. The van der Waals surface area contributed by atoms with Crippen LogP contribution in [0.4, 0.5) is 10.1 Å². The maximum absolute atomic E-state index is 12.8. The smallest absolute Gasteiger partial charge is 0.259 e. The minimum Gasteiger partial charge on any atom is -0.322 e. The normalized spacial score (nSPS) is 10.7. The molecular weight excluding hydrogens is 257 g/mol. The van der Waals surface area contributed by atoms with Crippen LogP contribution in [0, 0.1) is 12.7 Å². The molecule has 0 aliphatic carbocycles. The van der Waals surface area contributed by atoms with Gasteiger partial charge in [0.25, 0.3) is 5.91 Å². The van der Waals surface area contributed by atoms with E-state index < -0.39 is 0 Å². The number of aryl methyl sites for hydroxylation is 1. The highest BCUT2D eigenvalue weighted by molar-refractivity contribution is 6.08. The van der Waals surface area contributed by atoms with E-state index in [1.54, 1.807) is 16.5 Å². The number of carbonyl (C=O) groups excluding carboxylic acids is 1. The summed E-state index contributed by atoms with van der Waals surface area (Å²) in [6.45, 7) is 1.87. The van der Waals surface area contributed by atoms with Crippen LogP contribution in [0.5, 0.6) is 0 Å². The van der Waals surface area contributed by atoms with Gasteiger partial charge in [0, 0.05) is 18.1 Å². The molecule has 3 rings (SSSR count). The van der Waals surface area contributed by atoms with Crippen molar-refractivity contribution in [2.75, 3.05) is 5.32 Å². The fraction of sp³-hybridized carbons (Fsp3) is 0.0667. The highest BCUT2D eigenvalue weighted by atomic mass is 19.1. The van der Waals surface area contributed by atoms with Gasteiger partial charge in [-0.15, -0.1) is 0 Å². The Balaban J connectivity index is 1.94. The van der Waals surface area contributed by atoms with Gasteiger partial charge in [0.1, 0.15) is 11.5 Å². The van der Waals surface area contributed by atoms with E-state index in [9.17, 15) is 9.18 Å². The van der Waals surface area contributed by atoms with Crippen LogP contribution in [0.25, 0.3) is 5.65 Å². The van der Waals surface area contributed by atoms with Crippen molar-refractivity contribution < 1.29 is 9.18 Å². The number of amides is 1. The summed E-state index contributed by atoms with van der Waals surface area (Å²) in [5.41, 5.74) is 2.46. The third-order valence-electron chi connectivity index (χ3n) is 2.95. The SMILES string of the molecule is Cc1cn2cccc(C(=O)Nc3ccc(F)cc3)c2n1. The maximum atomic E-state index is 12.8. The predicted molar refractivity (Wildman–Crippen MR) is 74.3 cm³/mol. The number of carbonyl (C=O) groups is 1. The van der Waals surface area contributed by atoms with E-state index >= 15 is 0 Å². The molecule has 2 aromatic heterocycles. The Morgan fingerprint density at radius 1 is 1.25 bits per heavy atom. The summed E-state index contributed by atoms with van der Waals surface area (Å²) in [6.07, 6.45) is 3.69. The van der Waals surface area contributed by atoms with Crippen molar-refractivity contribution in [1.29, 1.82) is 0 Å². The monoisotopic (exact) mass is 269 g/mol. The fourth-order valence-electron chi connectivity index (χ4n) is 2.04. The van der Waals surface area contributed by atoms with Crippen molar-refractivity contribution in [3.63, 3.8) is 0 Å². The maximum Gasteiger partial charge on any atom is 0.259 e. The van der Waals surface area contributed by atoms with Gasteiger partial charge in [-0.1, -0.05) is 0 Å². The van der Waals surface area contributed by atoms with Crippen LogP contribution in [0.15, 0.2) is 48.8 Å². The number of rotatable bonds is 2. The van der Waals surface area contributed by atoms with Gasteiger partial charge in [-0.25, -0.2) is 9.37 Å². The van der Waals surface area contributed by atoms with Gasteiger partial charge >= 0.3 is 0 Å². The van der Waals surface area contributed by atoms with Crippen LogP contribution in [0.1, 0.15) is 16.1 Å². The Labute approximate surface area is 114 Å². The largest absolute Gasteiger partial charge is 0.322 e. The number of nitrogens with zero attached hydrogens (tertiary/aromatic N) is 2. The highest BCUT2D eigenvalue weighted by Crippen LogP contribution is 2.14. The van der Waals surface area contributed by atoms with E-state index in [-0.39, 0.29) is 11.7 Å². The number of aromatic nitrogens is 2. The Kier molecular flexibility index (Phi) is 2.95. The summed E-state index contributed by atoms with van der Waals surface area (Å²) >= 11 is 0. The number of hydrogen-bond donors (Lipinski definition) is 1. The number of nitrogens with one attached hydrogen (secondary N) is 1. The Morgan fingerprint density at radius 3 is 2.75 bits per heavy atom. The molecular formula is C15H12FN3O. The first-order valence-corrected chi connectivity index (χ1v) is 6.15. The minimum atomic E-state index is -0.339. The van der Waals surface area contributed by atoms with E-state index in [2.05, 4.69) is 10.3 Å². The van der Waals surface area contributed by atoms with E-state index in [1.165, 1.54) is 24.3 Å². The van der Waals surface area contributed by atoms with Crippen LogP contribution in [-0.2, 0) is 0 Å². The molecule has 0 unspecified atom stereocenters. The minimum absolute atomic E-state index is 0.271. The van der Waals surface area contributed by atoms with Crippen LogP contribution < -0.4 is 5.32 Å². The standard InChI is InChI=1S/C15H12FN3O/c1-10-9-19-8-2-3-13(14(19)17-10)15(20)18-12-6-4-11(16)5-7-12/h2-9H,1H3,(H,18,20). The van der Waals surface area contributed by atoms with Crippen molar-refractivity contribution >= 4 is 17.2 Å². The van der Waals surface area contributed by atoms with Gasteiger partial charge in [0.2, 0.25) is 0 Å². The lowest BCUT2D eigenvalue weighted by molar-refractivity contribution is 0.102. The Morgan fingerprint density at radius 2 is 2.00 bits per heavy atom. The Bertz CT molecular complexity index is 777. The molecule has 2 heterocycles. The highest BCUT2D eigenvalue weighted by Gasteiger charge is 2.12. The lowest BCUT2D eigenvalue weighted by atomic mass is 10.2. The fourth-order valence-corrected chi connectivity index (χ4v) is 2.04. The second-order valence-corrected chi connectivity index (χ2v) is 4.50. The summed E-state index contributed by atoms with van der Waals surface area (Å²) in [5.74, 6) is -0.609. The molecule has 4 nitrogen and oxygen atoms in total. The van der Waals surface area contributed by atoms with Gasteiger partial charge in [-0.2, -0.15) is 0 Å². The van der Waals surface area contributed by atoms with Crippen LogP contribution >= 0.6 is 0 Å². The zero-order valence-corrected chi connectivity index (χ0v) is 10.8. The zero-order valence-electron chi connectivity index (χ0n) is 10.8. The van der Waals surface area contributed by atoms with E-state index in [0.717, 1.165) is 5.69 Å². The van der Waals surface area contributed by atoms with E-state index in [4.69, 9.17) is 0 Å². The molecule has 0 aliphatic rings. The van der Waals surface area contributed by atoms with Crippen LogP contribution in [-0.4, -0.2) is 15.3 Å². The molecule has 1 N–H and O–H groups in total. The molecule has 0 saturated carbocycles. The topological polar surface area (TPSA) is 46.4 Å². The quantitative estimate of drug-likeness (QED) is 0.777. The molecule has 0 aliphatic heterocycles. The second-order valence-electron chi connectivity index (χ2n) is 4.50. The number of benzene rings is 1. The molecule has 0 atom stereocenters. The number of hydrogen-bond acceptors (Lipinski definition) is 2. The predicted octanol–water partition coefficient (Wildman–Crippen LogP) is 3.03. The van der Waals surface area contributed by atoms with E-state index in [0.29, 0.717) is 16.9 Å². The third-order valence-corrected chi connectivity index (χ3v) is 2.95. The first kappa shape index (κ1) is 12.3. The molecule has 0 spiro atoms. The van der Waals surface area contributed by atoms with Crippen molar-refractivity contribution in [3.05, 3.63) is 65.9 Å². The summed E-state index contributed by atoms with van der Waals surface area (Å²) in [4.78, 5) is 16.6. The number of halogens is 1. The van der Waals surface area contributed by atoms with Gasteiger partial charge < -0.3 is 9.72 Å². The summed E-state index contributed by atoms with van der Waals surface area (Å²) in [6, 6.07) is 9.13. The molecule has 100 valence electrons. The van der Waals surface area contributed by atoms with Crippen molar-refractivity contribution in [3.8, 4) is 0 Å². The lowest BCUT2D eigenvalue weighted by Gasteiger charge is -2.06. The van der Waals surface area contributed by atoms with Gasteiger partial charge in [-0.05, 0) is 43.3 Å².